The lowest BCUT2D eigenvalue weighted by molar-refractivity contribution is -0.137. The Morgan fingerprint density at radius 2 is 1.80 bits per heavy atom. The van der Waals surface area contributed by atoms with E-state index in [4.69, 9.17) is 11.6 Å². The quantitative estimate of drug-likeness (QED) is 0.767. The van der Waals surface area contributed by atoms with Gasteiger partial charge >= 0.3 is 6.18 Å². The minimum absolute atomic E-state index is 0.275. The van der Waals surface area contributed by atoms with Crippen molar-refractivity contribution < 1.29 is 21.6 Å². The maximum Gasteiger partial charge on any atom is 0.417 e. The second-order valence-electron chi connectivity index (χ2n) is 6.04. The zero-order valence-electron chi connectivity index (χ0n) is 13.3. The average Bonchev–Trinajstić information content (AvgIpc) is 2.51. The van der Waals surface area contributed by atoms with E-state index in [1.807, 2.05) is 4.90 Å². The molecule has 8 heteroatoms. The second-order valence-corrected chi connectivity index (χ2v) is 8.46. The van der Waals surface area contributed by atoms with Crippen LogP contribution in [0.3, 0.4) is 0 Å². The van der Waals surface area contributed by atoms with E-state index in [1.54, 1.807) is 18.2 Å². The van der Waals surface area contributed by atoms with Gasteiger partial charge in [0, 0.05) is 25.0 Å². The fourth-order valence-electron chi connectivity index (χ4n) is 2.91. The van der Waals surface area contributed by atoms with Crippen LogP contribution in [0.4, 0.5) is 18.9 Å². The fraction of sp³-hybridized carbons (Fsp3) is 0.294. The van der Waals surface area contributed by atoms with Gasteiger partial charge in [0.2, 0.25) is 0 Å². The standard InChI is InChI=1S/C17H15ClF3NO2S/c1-25(23,24)14-4-2-12-10-22(7-6-11(12)8-14)13-3-5-15(16(18)9-13)17(19,20)21/h2-5,8-9H,6-7,10H2,1H3. The van der Waals surface area contributed by atoms with E-state index in [9.17, 15) is 21.6 Å². The molecule has 0 N–H and O–H groups in total. The number of nitrogens with zero attached hydrogens (tertiary/aromatic N) is 1. The molecule has 2 aromatic carbocycles. The average molecular weight is 390 g/mol. The molecule has 0 amide bonds. The zero-order valence-corrected chi connectivity index (χ0v) is 14.8. The van der Waals surface area contributed by atoms with Crippen molar-refractivity contribution in [3.63, 3.8) is 0 Å². The van der Waals surface area contributed by atoms with Gasteiger partial charge in [-0.25, -0.2) is 8.42 Å². The van der Waals surface area contributed by atoms with Crippen LogP contribution in [-0.4, -0.2) is 21.2 Å². The Kier molecular flexibility index (Phi) is 4.49. The van der Waals surface area contributed by atoms with Gasteiger partial charge in [0.05, 0.1) is 15.5 Å². The van der Waals surface area contributed by atoms with Crippen LogP contribution in [0, 0.1) is 0 Å². The maximum atomic E-state index is 12.8. The van der Waals surface area contributed by atoms with Crippen molar-refractivity contribution in [3.8, 4) is 0 Å². The van der Waals surface area contributed by atoms with Crippen LogP contribution < -0.4 is 4.90 Å². The summed E-state index contributed by atoms with van der Waals surface area (Å²) in [6.45, 7) is 1.06. The summed E-state index contributed by atoms with van der Waals surface area (Å²) >= 11 is 5.79. The van der Waals surface area contributed by atoms with Crippen molar-refractivity contribution in [2.24, 2.45) is 0 Å². The van der Waals surface area contributed by atoms with E-state index in [-0.39, 0.29) is 9.92 Å². The minimum atomic E-state index is -4.48. The van der Waals surface area contributed by atoms with Crippen molar-refractivity contribution in [3.05, 3.63) is 58.1 Å². The van der Waals surface area contributed by atoms with Crippen LogP contribution in [0.2, 0.25) is 5.02 Å². The normalized spacial score (nSPS) is 15.2. The number of alkyl halides is 3. The fourth-order valence-corrected chi connectivity index (χ4v) is 3.86. The number of hydrogen-bond donors (Lipinski definition) is 0. The molecule has 0 fully saturated rings. The Labute approximate surface area is 148 Å². The number of halogens is 4. The summed E-state index contributed by atoms with van der Waals surface area (Å²) in [6.07, 6.45) is -2.71. The molecule has 0 aliphatic carbocycles. The Hall–Kier alpha value is -1.73. The number of sulfone groups is 1. The summed E-state index contributed by atoms with van der Waals surface area (Å²) in [6, 6.07) is 8.69. The summed E-state index contributed by atoms with van der Waals surface area (Å²) in [5, 5.41) is -0.330. The topological polar surface area (TPSA) is 37.4 Å². The number of hydrogen-bond acceptors (Lipinski definition) is 3. The predicted molar refractivity (Wildman–Crippen MR) is 90.8 cm³/mol. The van der Waals surface area contributed by atoms with Crippen molar-refractivity contribution in [1.29, 1.82) is 0 Å². The van der Waals surface area contributed by atoms with Gasteiger partial charge in [0.1, 0.15) is 0 Å². The van der Waals surface area contributed by atoms with E-state index in [0.29, 0.717) is 25.2 Å². The lowest BCUT2D eigenvalue weighted by Gasteiger charge is -2.31. The van der Waals surface area contributed by atoms with E-state index < -0.39 is 21.6 Å². The van der Waals surface area contributed by atoms with Crippen LogP contribution >= 0.6 is 11.6 Å². The van der Waals surface area contributed by atoms with Gasteiger partial charge in [-0.2, -0.15) is 13.2 Å². The molecule has 0 atom stereocenters. The Morgan fingerprint density at radius 3 is 2.40 bits per heavy atom. The zero-order chi connectivity index (χ0) is 18.4. The van der Waals surface area contributed by atoms with Crippen molar-refractivity contribution in [2.75, 3.05) is 17.7 Å². The molecule has 3 rings (SSSR count). The Balaban J connectivity index is 1.87. The minimum Gasteiger partial charge on any atom is -0.367 e. The van der Waals surface area contributed by atoms with Crippen LogP contribution in [0.1, 0.15) is 16.7 Å². The summed E-state index contributed by atoms with van der Waals surface area (Å²) in [5.74, 6) is 0. The van der Waals surface area contributed by atoms with Crippen molar-refractivity contribution in [1.82, 2.24) is 0 Å². The maximum absolute atomic E-state index is 12.8. The highest BCUT2D eigenvalue weighted by Gasteiger charge is 2.33. The van der Waals surface area contributed by atoms with E-state index >= 15 is 0 Å². The summed E-state index contributed by atoms with van der Waals surface area (Å²) < 4.78 is 61.7. The largest absolute Gasteiger partial charge is 0.417 e. The molecule has 3 nitrogen and oxygen atoms in total. The first kappa shape index (κ1) is 18.1. The van der Waals surface area contributed by atoms with E-state index in [2.05, 4.69) is 0 Å². The van der Waals surface area contributed by atoms with Crippen LogP contribution in [0.25, 0.3) is 0 Å². The highest BCUT2D eigenvalue weighted by atomic mass is 35.5. The monoisotopic (exact) mass is 389 g/mol. The summed E-state index contributed by atoms with van der Waals surface area (Å²) in [4.78, 5) is 2.20. The van der Waals surface area contributed by atoms with E-state index in [0.717, 1.165) is 23.4 Å². The first-order valence-corrected chi connectivity index (χ1v) is 9.76. The second kappa shape index (κ2) is 6.21. The SMILES string of the molecule is CS(=O)(=O)c1ccc2c(c1)CCN(c1ccc(C(F)(F)F)c(Cl)c1)C2. The molecule has 1 heterocycles. The lowest BCUT2D eigenvalue weighted by Crippen LogP contribution is -2.30. The molecule has 0 saturated carbocycles. The molecule has 0 aromatic heterocycles. The van der Waals surface area contributed by atoms with Gasteiger partial charge in [0.25, 0.3) is 0 Å². The molecule has 0 unspecified atom stereocenters. The van der Waals surface area contributed by atoms with Crippen LogP contribution in [0.15, 0.2) is 41.3 Å². The highest BCUT2D eigenvalue weighted by Crippen LogP contribution is 2.37. The molecular weight excluding hydrogens is 375 g/mol. The van der Waals surface area contributed by atoms with Crippen molar-refractivity contribution >= 4 is 27.1 Å². The van der Waals surface area contributed by atoms with Gasteiger partial charge in [0.15, 0.2) is 9.84 Å². The summed E-state index contributed by atoms with van der Waals surface area (Å²) in [7, 11) is -3.26. The van der Waals surface area contributed by atoms with Gasteiger partial charge in [-0.15, -0.1) is 0 Å². The van der Waals surface area contributed by atoms with Gasteiger partial charge in [-0.05, 0) is 47.9 Å². The molecule has 134 valence electrons. The summed E-state index contributed by atoms with van der Waals surface area (Å²) in [5.41, 5.74) is 1.65. The molecule has 0 bridgehead atoms. The molecule has 0 radical (unpaired) electrons. The number of anilines is 1. The number of benzene rings is 2. The molecular formula is C17H15ClF3NO2S. The molecule has 1 aliphatic heterocycles. The van der Waals surface area contributed by atoms with Crippen LogP contribution in [0.5, 0.6) is 0 Å². The first-order valence-electron chi connectivity index (χ1n) is 7.49. The lowest BCUT2D eigenvalue weighted by atomic mass is 9.99. The third kappa shape index (κ3) is 3.77. The Morgan fingerprint density at radius 1 is 1.08 bits per heavy atom. The molecule has 2 aromatic rings. The predicted octanol–water partition coefficient (Wildman–Crippen LogP) is 4.33. The van der Waals surface area contributed by atoms with Gasteiger partial charge in [-0.3, -0.25) is 0 Å². The van der Waals surface area contributed by atoms with Crippen LogP contribution in [-0.2, 0) is 29.0 Å². The van der Waals surface area contributed by atoms with Gasteiger partial charge in [-0.1, -0.05) is 17.7 Å². The first-order chi connectivity index (χ1) is 11.6. The molecule has 25 heavy (non-hydrogen) atoms. The molecule has 1 aliphatic rings. The highest BCUT2D eigenvalue weighted by molar-refractivity contribution is 7.90. The van der Waals surface area contributed by atoms with Crippen molar-refractivity contribution in [2.45, 2.75) is 24.0 Å². The molecule has 0 spiro atoms. The third-order valence-electron chi connectivity index (χ3n) is 4.24. The number of fused-ring (bicyclic) bond motifs is 1. The third-order valence-corrected chi connectivity index (χ3v) is 5.66. The number of rotatable bonds is 2. The smallest absolute Gasteiger partial charge is 0.367 e. The van der Waals surface area contributed by atoms with E-state index in [1.165, 1.54) is 12.1 Å². The molecule has 0 saturated heterocycles. The van der Waals surface area contributed by atoms with Gasteiger partial charge < -0.3 is 4.90 Å². The Bertz CT molecular complexity index is 926.